The maximum atomic E-state index is 13.1. The van der Waals surface area contributed by atoms with E-state index in [4.69, 9.17) is 9.15 Å². The molecule has 6 heteroatoms. The number of carbonyl (C=O) groups excluding carboxylic acids is 1. The number of hydrogen-bond donors (Lipinski definition) is 0. The Morgan fingerprint density at radius 3 is 2.50 bits per heavy atom. The molecule has 2 aromatic carbocycles. The first-order chi connectivity index (χ1) is 13.7. The summed E-state index contributed by atoms with van der Waals surface area (Å²) in [6.07, 6.45) is 1.66. The standard InChI is InChI=1S/C22H23N3O3/c1-15-23-24-21(28-15)17-10-12-25(13-11-17)22(26)18-8-9-20(27-2)19(14-18)16-6-4-3-5-7-16/h3-9,14,17H,10-13H2,1-2H3. The van der Waals surface area contributed by atoms with Gasteiger partial charge in [0.15, 0.2) is 0 Å². The topological polar surface area (TPSA) is 68.5 Å². The molecule has 1 saturated heterocycles. The minimum absolute atomic E-state index is 0.0417. The lowest BCUT2D eigenvalue weighted by atomic mass is 9.95. The molecule has 3 aromatic rings. The molecule has 0 bridgehead atoms. The van der Waals surface area contributed by atoms with Gasteiger partial charge >= 0.3 is 0 Å². The summed E-state index contributed by atoms with van der Waals surface area (Å²) in [5.74, 6) is 2.29. The zero-order chi connectivity index (χ0) is 19.5. The van der Waals surface area contributed by atoms with Crippen LogP contribution in [-0.2, 0) is 0 Å². The lowest BCUT2D eigenvalue weighted by Crippen LogP contribution is -2.38. The van der Waals surface area contributed by atoms with Gasteiger partial charge in [0.1, 0.15) is 5.75 Å². The van der Waals surface area contributed by atoms with Crippen LogP contribution < -0.4 is 4.74 Å². The number of hydrogen-bond acceptors (Lipinski definition) is 5. The fourth-order valence-corrected chi connectivity index (χ4v) is 3.67. The number of nitrogens with zero attached hydrogens (tertiary/aromatic N) is 3. The molecule has 6 nitrogen and oxygen atoms in total. The van der Waals surface area contributed by atoms with E-state index in [2.05, 4.69) is 10.2 Å². The maximum Gasteiger partial charge on any atom is 0.253 e. The third kappa shape index (κ3) is 3.63. The lowest BCUT2D eigenvalue weighted by molar-refractivity contribution is 0.0706. The van der Waals surface area contributed by atoms with Crippen molar-refractivity contribution in [2.75, 3.05) is 20.2 Å². The Labute approximate surface area is 164 Å². The van der Waals surface area contributed by atoms with Gasteiger partial charge in [0, 0.05) is 37.1 Å². The molecule has 0 aliphatic carbocycles. The van der Waals surface area contributed by atoms with Crippen molar-refractivity contribution in [3.63, 3.8) is 0 Å². The summed E-state index contributed by atoms with van der Waals surface area (Å²) in [7, 11) is 1.65. The van der Waals surface area contributed by atoms with Gasteiger partial charge < -0.3 is 14.1 Å². The Kier molecular flexibility index (Phi) is 5.10. The van der Waals surface area contributed by atoms with E-state index >= 15 is 0 Å². The number of ether oxygens (including phenoxy) is 1. The highest BCUT2D eigenvalue weighted by atomic mass is 16.5. The second-order valence-electron chi connectivity index (χ2n) is 7.01. The van der Waals surface area contributed by atoms with Crippen LogP contribution in [0.5, 0.6) is 5.75 Å². The number of methoxy groups -OCH3 is 1. The molecule has 1 fully saturated rings. The molecular formula is C22H23N3O3. The number of aryl methyl sites for hydroxylation is 1. The van der Waals surface area contributed by atoms with E-state index in [9.17, 15) is 4.79 Å². The minimum Gasteiger partial charge on any atom is -0.496 e. The van der Waals surface area contributed by atoms with Crippen molar-refractivity contribution >= 4 is 5.91 Å². The first-order valence-corrected chi connectivity index (χ1v) is 9.48. The third-order valence-electron chi connectivity index (χ3n) is 5.20. The van der Waals surface area contributed by atoms with Crippen molar-refractivity contribution in [1.82, 2.24) is 15.1 Å². The quantitative estimate of drug-likeness (QED) is 0.685. The molecule has 144 valence electrons. The Hall–Kier alpha value is -3.15. The molecule has 1 aromatic heterocycles. The van der Waals surface area contributed by atoms with Crippen LogP contribution >= 0.6 is 0 Å². The third-order valence-corrected chi connectivity index (χ3v) is 5.20. The van der Waals surface area contributed by atoms with E-state index in [0.717, 1.165) is 29.7 Å². The highest BCUT2D eigenvalue weighted by molar-refractivity contribution is 5.96. The lowest BCUT2D eigenvalue weighted by Gasteiger charge is -2.30. The zero-order valence-electron chi connectivity index (χ0n) is 16.1. The number of aromatic nitrogens is 2. The number of carbonyl (C=O) groups is 1. The molecule has 0 N–H and O–H groups in total. The van der Waals surface area contributed by atoms with Gasteiger partial charge in [0.05, 0.1) is 7.11 Å². The SMILES string of the molecule is COc1ccc(C(=O)N2CCC(c3nnc(C)o3)CC2)cc1-c1ccccc1. The Bertz CT molecular complexity index is 960. The second kappa shape index (κ2) is 7.84. The van der Waals surface area contributed by atoms with Gasteiger partial charge in [0.2, 0.25) is 11.8 Å². The minimum atomic E-state index is 0.0417. The first kappa shape index (κ1) is 18.2. The smallest absolute Gasteiger partial charge is 0.253 e. The molecular weight excluding hydrogens is 354 g/mol. The molecule has 1 aliphatic rings. The van der Waals surface area contributed by atoms with Crippen LogP contribution in [0, 0.1) is 6.92 Å². The van der Waals surface area contributed by atoms with Crippen LogP contribution in [0.4, 0.5) is 0 Å². The van der Waals surface area contributed by atoms with Crippen LogP contribution in [-0.4, -0.2) is 41.2 Å². The molecule has 0 spiro atoms. The van der Waals surface area contributed by atoms with Crippen LogP contribution in [0.25, 0.3) is 11.1 Å². The molecule has 1 amide bonds. The summed E-state index contributed by atoms with van der Waals surface area (Å²) in [6.45, 7) is 3.15. The highest BCUT2D eigenvalue weighted by Gasteiger charge is 2.28. The van der Waals surface area contributed by atoms with Crippen molar-refractivity contribution in [1.29, 1.82) is 0 Å². The molecule has 1 aliphatic heterocycles. The molecule has 0 saturated carbocycles. The summed E-state index contributed by atoms with van der Waals surface area (Å²) in [5, 5.41) is 8.04. The van der Waals surface area contributed by atoms with E-state index < -0.39 is 0 Å². The van der Waals surface area contributed by atoms with Gasteiger partial charge in [0.25, 0.3) is 5.91 Å². The van der Waals surface area contributed by atoms with E-state index in [1.165, 1.54) is 0 Å². The average molecular weight is 377 g/mol. The fraction of sp³-hybridized carbons (Fsp3) is 0.318. The largest absolute Gasteiger partial charge is 0.496 e. The summed E-state index contributed by atoms with van der Waals surface area (Å²) < 4.78 is 11.1. The van der Waals surface area contributed by atoms with Gasteiger partial charge in [-0.2, -0.15) is 0 Å². The average Bonchev–Trinajstić information content (AvgIpc) is 3.20. The Balaban J connectivity index is 1.51. The van der Waals surface area contributed by atoms with E-state index in [0.29, 0.717) is 30.4 Å². The molecule has 0 unspecified atom stereocenters. The highest BCUT2D eigenvalue weighted by Crippen LogP contribution is 2.32. The van der Waals surface area contributed by atoms with Crippen molar-refractivity contribution in [2.45, 2.75) is 25.7 Å². The second-order valence-corrected chi connectivity index (χ2v) is 7.01. The van der Waals surface area contributed by atoms with E-state index in [1.807, 2.05) is 53.4 Å². The van der Waals surface area contributed by atoms with Crippen molar-refractivity contribution in [2.24, 2.45) is 0 Å². The zero-order valence-corrected chi connectivity index (χ0v) is 16.1. The predicted molar refractivity (Wildman–Crippen MR) is 105 cm³/mol. The van der Waals surface area contributed by atoms with E-state index in [1.54, 1.807) is 14.0 Å². The molecule has 0 atom stereocenters. The summed E-state index contributed by atoms with van der Waals surface area (Å²) in [4.78, 5) is 15.0. The monoisotopic (exact) mass is 377 g/mol. The van der Waals surface area contributed by atoms with Gasteiger partial charge in [-0.15, -0.1) is 10.2 Å². The molecule has 4 rings (SSSR count). The number of likely N-dealkylation sites (tertiary alicyclic amines) is 1. The van der Waals surface area contributed by atoms with Crippen molar-refractivity contribution in [3.05, 3.63) is 65.9 Å². The molecule has 28 heavy (non-hydrogen) atoms. The van der Waals surface area contributed by atoms with Crippen LogP contribution in [0.1, 0.15) is 40.9 Å². The van der Waals surface area contributed by atoms with Gasteiger partial charge in [-0.3, -0.25) is 4.79 Å². The van der Waals surface area contributed by atoms with Crippen LogP contribution in [0.2, 0.25) is 0 Å². The summed E-state index contributed by atoms with van der Waals surface area (Å²) >= 11 is 0. The number of rotatable bonds is 4. The number of benzene rings is 2. The normalized spacial score (nSPS) is 14.9. The fourth-order valence-electron chi connectivity index (χ4n) is 3.67. The van der Waals surface area contributed by atoms with Crippen LogP contribution in [0.3, 0.4) is 0 Å². The van der Waals surface area contributed by atoms with Gasteiger partial charge in [-0.25, -0.2) is 0 Å². The predicted octanol–water partition coefficient (Wildman–Crippen LogP) is 4.07. The van der Waals surface area contributed by atoms with Gasteiger partial charge in [-0.1, -0.05) is 30.3 Å². The summed E-state index contributed by atoms with van der Waals surface area (Å²) in [5.41, 5.74) is 2.62. The summed E-state index contributed by atoms with van der Waals surface area (Å²) in [6, 6.07) is 15.6. The van der Waals surface area contributed by atoms with Gasteiger partial charge in [-0.05, 0) is 36.6 Å². The molecule has 2 heterocycles. The Morgan fingerprint density at radius 2 is 1.86 bits per heavy atom. The van der Waals surface area contributed by atoms with Crippen LogP contribution in [0.15, 0.2) is 52.9 Å². The number of piperidine rings is 1. The Morgan fingerprint density at radius 1 is 1.11 bits per heavy atom. The van der Waals surface area contributed by atoms with Crippen molar-refractivity contribution < 1.29 is 13.9 Å². The molecule has 0 radical (unpaired) electrons. The van der Waals surface area contributed by atoms with Crippen molar-refractivity contribution in [3.8, 4) is 16.9 Å². The van der Waals surface area contributed by atoms with E-state index in [-0.39, 0.29) is 11.8 Å². The maximum absolute atomic E-state index is 13.1. The number of amides is 1. The first-order valence-electron chi connectivity index (χ1n) is 9.48.